The van der Waals surface area contributed by atoms with Crippen LogP contribution in [0.1, 0.15) is 18.2 Å². The second-order valence-electron chi connectivity index (χ2n) is 6.80. The van der Waals surface area contributed by atoms with Gasteiger partial charge in [-0.3, -0.25) is 9.78 Å². The number of aryl methyl sites for hydroxylation is 1. The van der Waals surface area contributed by atoms with Crippen LogP contribution in [-0.2, 0) is 22.6 Å². The molecule has 0 aliphatic carbocycles. The molecule has 0 fully saturated rings. The third kappa shape index (κ3) is 5.11. The number of aromatic nitrogens is 5. The molecule has 0 atom stereocenters. The van der Waals surface area contributed by atoms with E-state index in [0.717, 1.165) is 0 Å². The summed E-state index contributed by atoms with van der Waals surface area (Å²) in [6, 6.07) is 8.72. The summed E-state index contributed by atoms with van der Waals surface area (Å²) in [6.07, 6.45) is 1.89. The average molecular weight is 467 g/mol. The standard InChI is InChI=1S/C22H21N5O7/c1-29-15-10-13(11-16(30-2)20(15)31-3)22-26-25-18(33-22)12-32-19(28)8-7-17-24-21(27-34-17)14-6-4-5-9-23-14/h4-6,9-11H,7-8,12H2,1-3H3. The smallest absolute Gasteiger partial charge is 0.306 e. The summed E-state index contributed by atoms with van der Waals surface area (Å²) in [5.41, 5.74) is 1.14. The first kappa shape index (κ1) is 22.7. The van der Waals surface area contributed by atoms with Crippen LogP contribution in [0.4, 0.5) is 0 Å². The Bertz CT molecular complexity index is 1230. The summed E-state index contributed by atoms with van der Waals surface area (Å²) in [5, 5.41) is 11.8. The van der Waals surface area contributed by atoms with Crippen molar-refractivity contribution in [1.29, 1.82) is 0 Å². The van der Waals surface area contributed by atoms with Gasteiger partial charge in [-0.2, -0.15) is 4.98 Å². The molecule has 34 heavy (non-hydrogen) atoms. The second-order valence-corrected chi connectivity index (χ2v) is 6.80. The molecule has 0 N–H and O–H groups in total. The molecule has 1 aromatic carbocycles. The predicted octanol–water partition coefficient (Wildman–Crippen LogP) is 2.88. The van der Waals surface area contributed by atoms with Crippen molar-refractivity contribution in [1.82, 2.24) is 25.3 Å². The molecular formula is C22H21N5O7. The van der Waals surface area contributed by atoms with Gasteiger partial charge in [0.15, 0.2) is 18.1 Å². The normalized spacial score (nSPS) is 10.7. The molecular weight excluding hydrogens is 446 g/mol. The zero-order valence-electron chi connectivity index (χ0n) is 18.7. The number of ether oxygens (including phenoxy) is 4. The Morgan fingerprint density at radius 3 is 2.47 bits per heavy atom. The van der Waals surface area contributed by atoms with Gasteiger partial charge in [-0.15, -0.1) is 10.2 Å². The fraction of sp³-hybridized carbons (Fsp3) is 0.273. The zero-order chi connectivity index (χ0) is 23.9. The molecule has 12 heteroatoms. The first-order valence-corrected chi connectivity index (χ1v) is 10.1. The van der Waals surface area contributed by atoms with Crippen molar-refractivity contribution in [3.05, 3.63) is 48.3 Å². The molecule has 0 bridgehead atoms. The monoisotopic (exact) mass is 467 g/mol. The molecule has 0 spiro atoms. The summed E-state index contributed by atoms with van der Waals surface area (Å²) in [6.45, 7) is -0.181. The topological polar surface area (TPSA) is 145 Å². The number of carbonyl (C=O) groups excluding carboxylic acids is 1. The van der Waals surface area contributed by atoms with E-state index in [1.165, 1.54) is 21.3 Å². The lowest BCUT2D eigenvalue weighted by molar-refractivity contribution is -0.145. The highest BCUT2D eigenvalue weighted by atomic mass is 16.5. The fourth-order valence-corrected chi connectivity index (χ4v) is 3.01. The van der Waals surface area contributed by atoms with Crippen LogP contribution in [0.2, 0.25) is 0 Å². The fourth-order valence-electron chi connectivity index (χ4n) is 3.01. The highest BCUT2D eigenvalue weighted by Crippen LogP contribution is 2.40. The van der Waals surface area contributed by atoms with E-state index in [2.05, 4.69) is 25.3 Å². The van der Waals surface area contributed by atoms with Crippen molar-refractivity contribution in [2.75, 3.05) is 21.3 Å². The molecule has 0 saturated carbocycles. The van der Waals surface area contributed by atoms with Crippen molar-refractivity contribution < 1.29 is 32.7 Å². The van der Waals surface area contributed by atoms with E-state index in [0.29, 0.717) is 40.2 Å². The van der Waals surface area contributed by atoms with Crippen LogP contribution in [0.5, 0.6) is 17.2 Å². The Morgan fingerprint density at radius 1 is 1.00 bits per heavy atom. The van der Waals surface area contributed by atoms with Gasteiger partial charge in [-0.25, -0.2) is 0 Å². The maximum Gasteiger partial charge on any atom is 0.306 e. The lowest BCUT2D eigenvalue weighted by Crippen LogP contribution is -2.06. The van der Waals surface area contributed by atoms with Crippen molar-refractivity contribution in [2.24, 2.45) is 0 Å². The Hall–Kier alpha value is -4.48. The van der Waals surface area contributed by atoms with Gasteiger partial charge in [0.05, 0.1) is 27.8 Å². The van der Waals surface area contributed by atoms with E-state index >= 15 is 0 Å². The van der Waals surface area contributed by atoms with E-state index in [-0.39, 0.29) is 31.2 Å². The van der Waals surface area contributed by atoms with Crippen LogP contribution < -0.4 is 14.2 Å². The molecule has 0 aliphatic heterocycles. The number of hydrogen-bond donors (Lipinski definition) is 0. The van der Waals surface area contributed by atoms with Crippen LogP contribution in [0.3, 0.4) is 0 Å². The minimum atomic E-state index is -0.481. The molecule has 0 amide bonds. The largest absolute Gasteiger partial charge is 0.493 e. The van der Waals surface area contributed by atoms with Crippen molar-refractivity contribution in [3.63, 3.8) is 0 Å². The Balaban J connectivity index is 1.33. The minimum Gasteiger partial charge on any atom is -0.493 e. The third-order valence-electron chi connectivity index (χ3n) is 4.64. The lowest BCUT2D eigenvalue weighted by Gasteiger charge is -2.12. The SMILES string of the molecule is COc1cc(-c2nnc(COC(=O)CCc3nc(-c4ccccn4)no3)o2)cc(OC)c1OC. The molecule has 4 rings (SSSR count). The summed E-state index contributed by atoms with van der Waals surface area (Å²) in [7, 11) is 4.53. The second kappa shape index (κ2) is 10.4. The van der Waals surface area contributed by atoms with Crippen LogP contribution in [0, 0.1) is 0 Å². The Morgan fingerprint density at radius 2 is 1.79 bits per heavy atom. The number of benzene rings is 1. The van der Waals surface area contributed by atoms with Gasteiger partial charge < -0.3 is 27.9 Å². The summed E-state index contributed by atoms with van der Waals surface area (Å²) < 4.78 is 31.9. The highest BCUT2D eigenvalue weighted by molar-refractivity contribution is 5.69. The van der Waals surface area contributed by atoms with Gasteiger partial charge in [0, 0.05) is 18.2 Å². The van der Waals surface area contributed by atoms with E-state index in [1.807, 2.05) is 6.07 Å². The van der Waals surface area contributed by atoms with Gasteiger partial charge in [-0.1, -0.05) is 11.2 Å². The van der Waals surface area contributed by atoms with Crippen LogP contribution in [-0.4, -0.2) is 52.6 Å². The maximum absolute atomic E-state index is 12.1. The number of esters is 1. The number of pyridine rings is 1. The number of methoxy groups -OCH3 is 3. The number of carbonyl (C=O) groups is 1. The van der Waals surface area contributed by atoms with E-state index < -0.39 is 5.97 Å². The van der Waals surface area contributed by atoms with Crippen LogP contribution in [0.25, 0.3) is 23.0 Å². The van der Waals surface area contributed by atoms with Crippen molar-refractivity contribution >= 4 is 5.97 Å². The Labute approximate surface area is 193 Å². The molecule has 0 aliphatic rings. The molecule has 0 radical (unpaired) electrons. The van der Waals surface area contributed by atoms with Crippen LogP contribution >= 0.6 is 0 Å². The van der Waals surface area contributed by atoms with Gasteiger partial charge in [0.2, 0.25) is 23.4 Å². The van der Waals surface area contributed by atoms with Crippen molar-refractivity contribution in [2.45, 2.75) is 19.4 Å². The van der Waals surface area contributed by atoms with E-state index in [4.69, 9.17) is 27.9 Å². The zero-order valence-corrected chi connectivity index (χ0v) is 18.7. The van der Waals surface area contributed by atoms with Gasteiger partial charge >= 0.3 is 5.97 Å². The molecule has 3 aromatic heterocycles. The van der Waals surface area contributed by atoms with E-state index in [9.17, 15) is 4.79 Å². The molecule has 4 aromatic rings. The lowest BCUT2D eigenvalue weighted by atomic mass is 10.2. The molecule has 176 valence electrons. The average Bonchev–Trinajstić information content (AvgIpc) is 3.56. The third-order valence-corrected chi connectivity index (χ3v) is 4.64. The molecule has 12 nitrogen and oxygen atoms in total. The first-order valence-electron chi connectivity index (χ1n) is 10.1. The van der Waals surface area contributed by atoms with Gasteiger partial charge in [0.1, 0.15) is 5.69 Å². The molecule has 0 unspecified atom stereocenters. The maximum atomic E-state index is 12.1. The summed E-state index contributed by atoms with van der Waals surface area (Å²) >= 11 is 0. The predicted molar refractivity (Wildman–Crippen MR) is 115 cm³/mol. The van der Waals surface area contributed by atoms with Gasteiger partial charge in [-0.05, 0) is 24.3 Å². The highest BCUT2D eigenvalue weighted by Gasteiger charge is 2.18. The molecule has 0 saturated heterocycles. The number of rotatable bonds is 10. The Kier molecular flexibility index (Phi) is 6.96. The number of nitrogens with zero attached hydrogens (tertiary/aromatic N) is 5. The van der Waals surface area contributed by atoms with Gasteiger partial charge in [0.25, 0.3) is 5.89 Å². The summed E-state index contributed by atoms with van der Waals surface area (Å²) in [5.74, 6) is 1.84. The minimum absolute atomic E-state index is 0.0394. The molecule has 3 heterocycles. The number of hydrogen-bond acceptors (Lipinski definition) is 12. The van der Waals surface area contributed by atoms with Crippen LogP contribution in [0.15, 0.2) is 45.5 Å². The quantitative estimate of drug-likeness (QED) is 0.316. The van der Waals surface area contributed by atoms with E-state index in [1.54, 1.807) is 30.5 Å². The summed E-state index contributed by atoms with van der Waals surface area (Å²) in [4.78, 5) is 20.5. The first-order chi connectivity index (χ1) is 16.6. The van der Waals surface area contributed by atoms with Crippen molar-refractivity contribution in [3.8, 4) is 40.2 Å².